The molecule has 0 unspecified atom stereocenters. The molecule has 3 N–H and O–H groups in total. The van der Waals surface area contributed by atoms with Crippen molar-refractivity contribution in [3.63, 3.8) is 0 Å². The van der Waals surface area contributed by atoms with E-state index in [-0.39, 0.29) is 11.4 Å². The largest absolute Gasteiger partial charge is 0.455 e. The highest BCUT2D eigenvalue weighted by atomic mass is 16.5. The van der Waals surface area contributed by atoms with E-state index in [1.54, 1.807) is 12.1 Å². The number of rotatable bonds is 5. The molecule has 0 atom stereocenters. The summed E-state index contributed by atoms with van der Waals surface area (Å²) in [6, 6.07) is 27.5. The average molecular weight is 409 g/mol. The summed E-state index contributed by atoms with van der Waals surface area (Å²) in [6.07, 6.45) is 1.87. The molecule has 154 valence electrons. The van der Waals surface area contributed by atoms with Gasteiger partial charge in [-0.1, -0.05) is 60.7 Å². The van der Waals surface area contributed by atoms with Crippen LogP contribution in [0.25, 0.3) is 10.8 Å². The minimum absolute atomic E-state index is 0.0885. The molecule has 0 radical (unpaired) electrons. The van der Waals surface area contributed by atoms with Gasteiger partial charge < -0.3 is 15.8 Å². The molecule has 31 heavy (non-hydrogen) atoms. The molecule has 1 aliphatic carbocycles. The number of para-hydroxylation sites is 2. The summed E-state index contributed by atoms with van der Waals surface area (Å²) in [5.41, 5.74) is 8.93. The van der Waals surface area contributed by atoms with Crippen molar-refractivity contribution in [2.75, 3.05) is 5.73 Å². The number of anilines is 1. The number of hydrogen-bond donors (Lipinski definition) is 2. The van der Waals surface area contributed by atoms with Crippen LogP contribution in [0.4, 0.5) is 5.69 Å². The number of carbonyl (C=O) groups is 1. The Morgan fingerprint density at radius 2 is 1.68 bits per heavy atom. The van der Waals surface area contributed by atoms with Crippen molar-refractivity contribution in [3.8, 4) is 11.5 Å². The molecule has 0 saturated heterocycles. The predicted octanol–water partition coefficient (Wildman–Crippen LogP) is 5.94. The second-order valence-corrected chi connectivity index (χ2v) is 8.18. The van der Waals surface area contributed by atoms with E-state index in [0.717, 1.165) is 18.4 Å². The summed E-state index contributed by atoms with van der Waals surface area (Å²) in [6.45, 7) is 1.94. The van der Waals surface area contributed by atoms with Gasteiger partial charge in [-0.15, -0.1) is 0 Å². The molecular formula is C27H24N2O2. The third kappa shape index (κ3) is 3.61. The maximum absolute atomic E-state index is 13.3. The van der Waals surface area contributed by atoms with Crippen molar-refractivity contribution in [2.45, 2.75) is 25.3 Å². The number of fused-ring (bicyclic) bond motifs is 1. The lowest BCUT2D eigenvalue weighted by molar-refractivity contribution is 0.0930. The van der Waals surface area contributed by atoms with Crippen molar-refractivity contribution >= 4 is 22.4 Å². The fourth-order valence-electron chi connectivity index (χ4n) is 4.12. The van der Waals surface area contributed by atoms with E-state index in [4.69, 9.17) is 10.5 Å². The van der Waals surface area contributed by atoms with Gasteiger partial charge in [0.15, 0.2) is 0 Å². The van der Waals surface area contributed by atoms with Gasteiger partial charge in [0.2, 0.25) is 0 Å². The molecule has 4 nitrogen and oxygen atoms in total. The van der Waals surface area contributed by atoms with Crippen molar-refractivity contribution in [2.24, 2.45) is 0 Å². The van der Waals surface area contributed by atoms with Crippen LogP contribution in [0.15, 0.2) is 84.9 Å². The molecule has 0 aliphatic heterocycles. The maximum atomic E-state index is 13.3. The average Bonchev–Trinajstić information content (AvgIpc) is 3.56. The van der Waals surface area contributed by atoms with Crippen molar-refractivity contribution < 1.29 is 9.53 Å². The van der Waals surface area contributed by atoms with Gasteiger partial charge in [-0.05, 0) is 65.9 Å². The molecular weight excluding hydrogens is 384 g/mol. The van der Waals surface area contributed by atoms with E-state index in [0.29, 0.717) is 22.7 Å². The number of nitrogen functional groups attached to an aromatic ring is 1. The Morgan fingerprint density at radius 1 is 0.935 bits per heavy atom. The lowest BCUT2D eigenvalue weighted by Gasteiger charge is -2.21. The van der Waals surface area contributed by atoms with Gasteiger partial charge in [-0.2, -0.15) is 0 Å². The van der Waals surface area contributed by atoms with Crippen molar-refractivity contribution in [1.29, 1.82) is 0 Å². The number of aryl methyl sites for hydroxylation is 1. The fraction of sp³-hybridized carbons (Fsp3) is 0.148. The van der Waals surface area contributed by atoms with Crippen LogP contribution < -0.4 is 15.8 Å². The normalized spacial score (nSPS) is 14.2. The minimum atomic E-state index is -0.314. The lowest BCUT2D eigenvalue weighted by atomic mass is 9.96. The van der Waals surface area contributed by atoms with Crippen LogP contribution in [0.2, 0.25) is 0 Å². The third-order valence-electron chi connectivity index (χ3n) is 6.01. The van der Waals surface area contributed by atoms with Crippen LogP contribution in [0.3, 0.4) is 0 Å². The quantitative estimate of drug-likeness (QED) is 0.402. The first kappa shape index (κ1) is 19.2. The van der Waals surface area contributed by atoms with E-state index in [1.165, 1.54) is 16.3 Å². The lowest BCUT2D eigenvalue weighted by Crippen LogP contribution is -2.35. The summed E-state index contributed by atoms with van der Waals surface area (Å²) < 4.78 is 5.94. The molecule has 1 saturated carbocycles. The standard InChI is InChI=1S/C27H24N2O2/c1-18-13-14-20(31-25-12-5-4-11-24(25)28)17-22(18)26(30)29-27(15-16-27)23-10-6-8-19-7-2-3-9-21(19)23/h2-14,17H,15-16,28H2,1H3,(H,29,30). The molecule has 0 aromatic heterocycles. The van der Waals surface area contributed by atoms with E-state index in [9.17, 15) is 4.79 Å². The highest BCUT2D eigenvalue weighted by molar-refractivity contribution is 5.97. The smallest absolute Gasteiger partial charge is 0.252 e. The van der Waals surface area contributed by atoms with E-state index < -0.39 is 0 Å². The van der Waals surface area contributed by atoms with Crippen LogP contribution in [-0.2, 0) is 5.54 Å². The zero-order valence-electron chi connectivity index (χ0n) is 17.4. The van der Waals surface area contributed by atoms with Crippen LogP contribution in [0.5, 0.6) is 11.5 Å². The van der Waals surface area contributed by atoms with Gasteiger partial charge in [0.1, 0.15) is 11.5 Å². The van der Waals surface area contributed by atoms with Crippen molar-refractivity contribution in [1.82, 2.24) is 5.32 Å². The summed E-state index contributed by atoms with van der Waals surface area (Å²) in [5, 5.41) is 5.69. The Hall–Kier alpha value is -3.79. The second-order valence-electron chi connectivity index (χ2n) is 8.18. The predicted molar refractivity (Wildman–Crippen MR) is 124 cm³/mol. The first-order chi connectivity index (χ1) is 15.1. The highest BCUT2D eigenvalue weighted by Gasteiger charge is 2.46. The van der Waals surface area contributed by atoms with Gasteiger partial charge in [0, 0.05) is 5.56 Å². The Balaban J connectivity index is 1.43. The van der Waals surface area contributed by atoms with Gasteiger partial charge in [0.25, 0.3) is 5.91 Å². The summed E-state index contributed by atoms with van der Waals surface area (Å²) in [7, 11) is 0. The SMILES string of the molecule is Cc1ccc(Oc2ccccc2N)cc1C(=O)NC1(c2cccc3ccccc23)CC1. The molecule has 5 rings (SSSR count). The molecule has 1 amide bonds. The Labute approximate surface area is 181 Å². The topological polar surface area (TPSA) is 64.3 Å². The van der Waals surface area contributed by atoms with Gasteiger partial charge >= 0.3 is 0 Å². The van der Waals surface area contributed by atoms with Crippen LogP contribution in [-0.4, -0.2) is 5.91 Å². The van der Waals surface area contributed by atoms with Gasteiger partial charge in [0.05, 0.1) is 11.2 Å². The van der Waals surface area contributed by atoms with Crippen molar-refractivity contribution in [3.05, 3.63) is 102 Å². The minimum Gasteiger partial charge on any atom is -0.455 e. The second kappa shape index (κ2) is 7.47. The van der Waals surface area contributed by atoms with Crippen LogP contribution in [0.1, 0.15) is 34.3 Å². The summed E-state index contributed by atoms with van der Waals surface area (Å²) in [4.78, 5) is 13.3. The fourth-order valence-corrected chi connectivity index (χ4v) is 4.12. The number of nitrogens with two attached hydrogens (primary N) is 1. The number of nitrogens with one attached hydrogen (secondary N) is 1. The summed E-state index contributed by atoms with van der Waals surface area (Å²) >= 11 is 0. The maximum Gasteiger partial charge on any atom is 0.252 e. The number of benzene rings is 4. The first-order valence-electron chi connectivity index (χ1n) is 10.5. The molecule has 1 fully saturated rings. The number of hydrogen-bond acceptors (Lipinski definition) is 3. The molecule has 1 aliphatic rings. The van der Waals surface area contributed by atoms with Gasteiger partial charge in [-0.3, -0.25) is 4.79 Å². The molecule has 4 aromatic carbocycles. The Bertz CT molecular complexity index is 1290. The van der Waals surface area contributed by atoms with Crippen LogP contribution in [0, 0.1) is 6.92 Å². The zero-order valence-corrected chi connectivity index (χ0v) is 17.4. The number of amides is 1. The third-order valence-corrected chi connectivity index (χ3v) is 6.01. The Morgan fingerprint density at radius 3 is 2.48 bits per heavy atom. The Kier molecular flexibility index (Phi) is 4.63. The number of ether oxygens (including phenoxy) is 1. The first-order valence-corrected chi connectivity index (χ1v) is 10.5. The van der Waals surface area contributed by atoms with E-state index >= 15 is 0 Å². The molecule has 0 spiro atoms. The molecule has 0 heterocycles. The summed E-state index contributed by atoms with van der Waals surface area (Å²) in [5.74, 6) is 1.07. The number of carbonyl (C=O) groups excluding carboxylic acids is 1. The molecule has 4 aromatic rings. The highest BCUT2D eigenvalue weighted by Crippen LogP contribution is 2.48. The van der Waals surface area contributed by atoms with Gasteiger partial charge in [-0.25, -0.2) is 0 Å². The zero-order chi connectivity index (χ0) is 21.4. The molecule has 0 bridgehead atoms. The monoisotopic (exact) mass is 408 g/mol. The molecule has 4 heteroatoms. The van der Waals surface area contributed by atoms with E-state index in [1.807, 2.05) is 49.4 Å². The van der Waals surface area contributed by atoms with Crippen LogP contribution >= 0.6 is 0 Å². The van der Waals surface area contributed by atoms with E-state index in [2.05, 4.69) is 35.6 Å².